The summed E-state index contributed by atoms with van der Waals surface area (Å²) in [7, 11) is -3.22. The number of carbonyl (C=O) groups is 1. The molecule has 2 heterocycles. The predicted molar refractivity (Wildman–Crippen MR) is 114 cm³/mol. The normalized spacial score (nSPS) is 20.0. The number of piperidine rings is 1. The maximum atomic E-state index is 13.3. The summed E-state index contributed by atoms with van der Waals surface area (Å²) in [4.78, 5) is 13.3. The van der Waals surface area contributed by atoms with E-state index in [1.807, 2.05) is 30.3 Å². The first-order valence-corrected chi connectivity index (χ1v) is 11.3. The van der Waals surface area contributed by atoms with Gasteiger partial charge in [-0.25, -0.2) is 12.7 Å². The molecule has 1 amide bonds. The number of nitrogens with one attached hydrogen (secondary N) is 2. The van der Waals surface area contributed by atoms with Crippen molar-refractivity contribution in [2.75, 3.05) is 38.5 Å². The van der Waals surface area contributed by atoms with Gasteiger partial charge >= 0.3 is 0 Å². The lowest BCUT2D eigenvalue weighted by molar-refractivity contribution is -0.128. The lowest BCUT2D eigenvalue weighted by atomic mass is 9.72. The van der Waals surface area contributed by atoms with Crippen molar-refractivity contribution in [2.45, 2.75) is 31.6 Å². The molecule has 0 spiro atoms. The minimum absolute atomic E-state index is 0. The average Bonchev–Trinajstić information content (AvgIpc) is 2.73. The molecule has 0 bridgehead atoms. The Bertz CT molecular complexity index is 788. The lowest BCUT2D eigenvalue weighted by Gasteiger charge is -2.40. The van der Waals surface area contributed by atoms with Gasteiger partial charge in [0.2, 0.25) is 15.9 Å². The van der Waals surface area contributed by atoms with Gasteiger partial charge in [0, 0.05) is 26.2 Å². The Balaban J connectivity index is 0.00000280. The average molecular weight is 428 g/mol. The molecule has 1 fully saturated rings. The van der Waals surface area contributed by atoms with E-state index in [9.17, 15) is 13.2 Å². The maximum absolute atomic E-state index is 13.3. The lowest BCUT2D eigenvalue weighted by Crippen LogP contribution is -2.53. The van der Waals surface area contributed by atoms with Gasteiger partial charge in [0.15, 0.2) is 0 Å². The van der Waals surface area contributed by atoms with Gasteiger partial charge in [-0.05, 0) is 38.3 Å². The largest absolute Gasteiger partial charge is 0.352 e. The molecular formula is C20H30ClN3O3S. The van der Waals surface area contributed by atoms with Gasteiger partial charge in [0.05, 0.1) is 11.2 Å². The molecule has 0 radical (unpaired) electrons. The minimum atomic E-state index is -3.22. The molecule has 1 aromatic rings. The zero-order chi connectivity index (χ0) is 19.3. The maximum Gasteiger partial charge on any atom is 0.231 e. The van der Waals surface area contributed by atoms with Crippen molar-refractivity contribution in [3.8, 4) is 0 Å². The summed E-state index contributed by atoms with van der Waals surface area (Å²) in [5, 5.41) is 6.40. The highest BCUT2D eigenvalue weighted by Gasteiger charge is 2.44. The van der Waals surface area contributed by atoms with Crippen LogP contribution in [0.5, 0.6) is 0 Å². The second-order valence-corrected chi connectivity index (χ2v) is 9.50. The number of halogens is 1. The van der Waals surface area contributed by atoms with Crippen LogP contribution in [-0.2, 0) is 20.2 Å². The fourth-order valence-electron chi connectivity index (χ4n) is 3.93. The Morgan fingerprint density at radius 2 is 1.89 bits per heavy atom. The Morgan fingerprint density at radius 1 is 1.21 bits per heavy atom. The second-order valence-electron chi connectivity index (χ2n) is 7.25. The van der Waals surface area contributed by atoms with Crippen molar-refractivity contribution >= 4 is 28.3 Å². The van der Waals surface area contributed by atoms with Crippen LogP contribution < -0.4 is 10.6 Å². The number of hydrogen-bond donors (Lipinski definition) is 2. The number of carbonyl (C=O) groups excluding carboxylic acids is 1. The smallest absolute Gasteiger partial charge is 0.231 e. The molecule has 6 nitrogen and oxygen atoms in total. The van der Waals surface area contributed by atoms with Crippen molar-refractivity contribution in [3.63, 3.8) is 0 Å². The number of benzene rings is 1. The molecule has 2 N–H and O–H groups in total. The van der Waals surface area contributed by atoms with Crippen LogP contribution in [0.4, 0.5) is 0 Å². The summed E-state index contributed by atoms with van der Waals surface area (Å²) in [6.07, 6.45) is 4.09. The third-order valence-electron chi connectivity index (χ3n) is 5.73. The molecule has 0 saturated carbocycles. The van der Waals surface area contributed by atoms with Gasteiger partial charge < -0.3 is 10.6 Å². The van der Waals surface area contributed by atoms with Crippen LogP contribution in [0.25, 0.3) is 0 Å². The predicted octanol–water partition coefficient (Wildman–Crippen LogP) is 1.83. The first-order valence-electron chi connectivity index (χ1n) is 9.68. The molecule has 8 heteroatoms. The van der Waals surface area contributed by atoms with Crippen LogP contribution in [0.1, 0.15) is 31.7 Å². The molecule has 0 atom stereocenters. The number of nitrogens with zero attached hydrogens (tertiary/aromatic N) is 1. The van der Waals surface area contributed by atoms with Gasteiger partial charge in [-0.3, -0.25) is 4.79 Å². The van der Waals surface area contributed by atoms with Gasteiger partial charge in [0.25, 0.3) is 0 Å². The van der Waals surface area contributed by atoms with E-state index in [4.69, 9.17) is 0 Å². The molecule has 0 unspecified atom stereocenters. The summed E-state index contributed by atoms with van der Waals surface area (Å²) < 4.78 is 26.0. The quantitative estimate of drug-likeness (QED) is 0.679. The number of hydrogen-bond acceptors (Lipinski definition) is 4. The third kappa shape index (κ3) is 4.95. The van der Waals surface area contributed by atoms with E-state index in [-0.39, 0.29) is 24.1 Å². The van der Waals surface area contributed by atoms with Crippen molar-refractivity contribution in [2.24, 2.45) is 0 Å². The molecule has 1 saturated heterocycles. The molecule has 0 aromatic heterocycles. The summed E-state index contributed by atoms with van der Waals surface area (Å²) in [6, 6.07) is 9.77. The molecule has 2 aliphatic rings. The number of amides is 1. The van der Waals surface area contributed by atoms with Crippen LogP contribution in [0.15, 0.2) is 42.0 Å². The zero-order valence-corrected chi connectivity index (χ0v) is 17.9. The highest BCUT2D eigenvalue weighted by Crippen LogP contribution is 2.36. The summed E-state index contributed by atoms with van der Waals surface area (Å²) in [5.41, 5.74) is 1.54. The first kappa shape index (κ1) is 22.9. The van der Waals surface area contributed by atoms with E-state index in [0.717, 1.165) is 25.1 Å². The Kier molecular flexibility index (Phi) is 8.07. The van der Waals surface area contributed by atoms with Crippen LogP contribution in [-0.4, -0.2) is 57.1 Å². The number of rotatable bonds is 6. The van der Waals surface area contributed by atoms with Crippen molar-refractivity contribution in [1.29, 1.82) is 0 Å². The van der Waals surface area contributed by atoms with E-state index in [1.54, 1.807) is 6.92 Å². The van der Waals surface area contributed by atoms with Gasteiger partial charge in [0.1, 0.15) is 0 Å². The first-order chi connectivity index (χ1) is 13.0. The third-order valence-corrected chi connectivity index (χ3v) is 7.61. The fourth-order valence-corrected chi connectivity index (χ4v) is 5.03. The van der Waals surface area contributed by atoms with Crippen LogP contribution >= 0.6 is 12.4 Å². The van der Waals surface area contributed by atoms with E-state index in [0.29, 0.717) is 32.5 Å². The van der Waals surface area contributed by atoms with E-state index >= 15 is 0 Å². The summed E-state index contributed by atoms with van der Waals surface area (Å²) >= 11 is 0. The highest BCUT2D eigenvalue weighted by molar-refractivity contribution is 7.89. The van der Waals surface area contributed by atoms with Crippen molar-refractivity contribution in [1.82, 2.24) is 14.9 Å². The minimum Gasteiger partial charge on any atom is -0.352 e. The SMILES string of the molecule is CCS(=O)(=O)N1CCC(C(=O)NCC2=CCNCC2)(c2ccccc2)CC1.Cl. The monoisotopic (exact) mass is 427 g/mol. The highest BCUT2D eigenvalue weighted by atomic mass is 35.5. The summed E-state index contributed by atoms with van der Waals surface area (Å²) in [6.45, 7) is 4.77. The molecule has 3 rings (SSSR count). The molecular weight excluding hydrogens is 398 g/mol. The molecule has 1 aromatic carbocycles. The van der Waals surface area contributed by atoms with Gasteiger partial charge in [-0.2, -0.15) is 0 Å². The topological polar surface area (TPSA) is 78.5 Å². The van der Waals surface area contributed by atoms with Crippen molar-refractivity contribution < 1.29 is 13.2 Å². The second kappa shape index (κ2) is 9.87. The number of sulfonamides is 1. The zero-order valence-electron chi connectivity index (χ0n) is 16.3. The van der Waals surface area contributed by atoms with E-state index < -0.39 is 15.4 Å². The van der Waals surface area contributed by atoms with Gasteiger partial charge in [-0.15, -0.1) is 12.4 Å². The summed E-state index contributed by atoms with van der Waals surface area (Å²) in [5.74, 6) is 0.0985. The Morgan fingerprint density at radius 3 is 2.46 bits per heavy atom. The van der Waals surface area contributed by atoms with Crippen LogP contribution in [0.2, 0.25) is 0 Å². The molecule has 28 heavy (non-hydrogen) atoms. The Hall–Kier alpha value is -1.41. The van der Waals surface area contributed by atoms with E-state index in [2.05, 4.69) is 16.7 Å². The molecule has 2 aliphatic heterocycles. The molecule has 0 aliphatic carbocycles. The van der Waals surface area contributed by atoms with Gasteiger partial charge in [-0.1, -0.05) is 42.0 Å². The molecule has 156 valence electrons. The Labute approximate surface area is 174 Å². The van der Waals surface area contributed by atoms with Crippen LogP contribution in [0, 0.1) is 0 Å². The fraction of sp³-hybridized carbons (Fsp3) is 0.550. The standard InChI is InChI=1S/C20H29N3O3S.ClH/c1-2-27(25,26)23-14-10-20(11-15-23,18-6-4-3-5-7-18)19(24)22-16-17-8-12-21-13-9-17;/h3-8,21H,2,9-16H2,1H3,(H,22,24);1H. The van der Waals surface area contributed by atoms with Crippen molar-refractivity contribution in [3.05, 3.63) is 47.5 Å². The van der Waals surface area contributed by atoms with Crippen LogP contribution in [0.3, 0.4) is 0 Å². The van der Waals surface area contributed by atoms with E-state index in [1.165, 1.54) is 9.88 Å².